The molecule has 5 nitrogen and oxygen atoms in total. The van der Waals surface area contributed by atoms with E-state index in [-0.39, 0.29) is 27.6 Å². The van der Waals surface area contributed by atoms with Gasteiger partial charge in [0.1, 0.15) is 6.04 Å². The van der Waals surface area contributed by atoms with Gasteiger partial charge in [0.25, 0.3) is 0 Å². The van der Waals surface area contributed by atoms with Gasteiger partial charge in [-0.2, -0.15) is 0 Å². The molecule has 0 saturated heterocycles. The Bertz CT molecular complexity index is 470. The molecule has 0 spiro atoms. The molecule has 1 rings (SSSR count). The second kappa shape index (κ2) is 6.80. The molecule has 2 atom stereocenters. The molecule has 108 valence electrons. The van der Waals surface area contributed by atoms with Gasteiger partial charge in [-0.1, -0.05) is 16.7 Å². The molecule has 0 saturated carbocycles. The summed E-state index contributed by atoms with van der Waals surface area (Å²) in [4.78, 5) is 22.1. The Morgan fingerprint density at radius 2 is 2.26 bits per heavy atom. The summed E-state index contributed by atoms with van der Waals surface area (Å²) in [5.74, 6) is 0.0172. The number of carbonyl (C=O) groups is 1. The minimum absolute atomic E-state index is 0.115. The molecule has 0 aliphatic carbocycles. The Morgan fingerprint density at radius 1 is 1.63 bits per heavy atom. The fourth-order valence-corrected chi connectivity index (χ4v) is 5.15. The molecule has 2 unspecified atom stereocenters. The van der Waals surface area contributed by atoms with Crippen molar-refractivity contribution in [3.05, 3.63) is 12.2 Å². The lowest BCUT2D eigenvalue weighted by molar-refractivity contribution is -0.867. The van der Waals surface area contributed by atoms with Gasteiger partial charge in [-0.05, 0) is 50.0 Å². The summed E-state index contributed by atoms with van der Waals surface area (Å²) in [6.07, 6.45) is 2.86. The van der Waals surface area contributed by atoms with Crippen LogP contribution in [0.15, 0.2) is 17.3 Å². The highest BCUT2D eigenvalue weighted by Crippen LogP contribution is 2.57. The molecule has 0 fully saturated rings. The minimum Gasteiger partial charge on any atom is -0.337 e. The van der Waals surface area contributed by atoms with E-state index < -0.39 is 5.69 Å². The third-order valence-electron chi connectivity index (χ3n) is 2.58. The van der Waals surface area contributed by atoms with E-state index in [0.29, 0.717) is 6.61 Å². The molecule has 0 aromatic rings. The van der Waals surface area contributed by atoms with E-state index in [0.717, 1.165) is 11.4 Å². The zero-order valence-corrected chi connectivity index (χ0v) is 14.2. The molecular formula is C10H17ClN2O3PS2+. The van der Waals surface area contributed by atoms with Crippen molar-refractivity contribution in [2.45, 2.75) is 26.8 Å². The second-order valence-electron chi connectivity index (χ2n) is 4.16. The summed E-state index contributed by atoms with van der Waals surface area (Å²) in [6.45, 7) is 5.83. The standard InChI is InChI=1S/C10H16ClN2O3PS2/c1-4-16-17(15,18)19-7-13(8(2)3)10(14)6-5-9(11)12-13/h5-6,8H,4,7H2,1-3H3/p+1. The molecule has 0 bridgehead atoms. The van der Waals surface area contributed by atoms with Crippen LogP contribution in [-0.4, -0.2) is 39.1 Å². The normalized spacial score (nSPS) is 26.4. The van der Waals surface area contributed by atoms with Crippen molar-refractivity contribution in [2.75, 3.05) is 12.5 Å². The molecule has 0 aromatic heterocycles. The zero-order chi connectivity index (χ0) is 14.7. The topological polar surface area (TPSA) is 58.9 Å². The van der Waals surface area contributed by atoms with Crippen LogP contribution in [0.1, 0.15) is 20.8 Å². The lowest BCUT2D eigenvalue weighted by Crippen LogP contribution is -2.53. The first-order valence-corrected chi connectivity index (χ1v) is 10.4. The highest BCUT2D eigenvalue weighted by atomic mass is 35.5. The van der Waals surface area contributed by atoms with E-state index in [9.17, 15) is 9.69 Å². The Labute approximate surface area is 127 Å². The third-order valence-corrected chi connectivity index (χ3v) is 7.11. The Morgan fingerprint density at radius 3 is 2.79 bits per heavy atom. The van der Waals surface area contributed by atoms with E-state index in [2.05, 4.69) is 5.10 Å². The van der Waals surface area contributed by atoms with E-state index in [1.807, 2.05) is 13.8 Å². The molecule has 9 heteroatoms. The Balaban J connectivity index is 2.94. The molecule has 0 radical (unpaired) electrons. The molecular weight excluding hydrogens is 327 g/mol. The molecule has 1 aliphatic rings. The number of quaternary nitrogens is 1. The molecule has 0 aromatic carbocycles. The maximum Gasteiger partial charge on any atom is 0.365 e. The number of hydrogen-bond donors (Lipinski definition) is 1. The summed E-state index contributed by atoms with van der Waals surface area (Å²) in [5, 5.41) is 4.49. The first-order valence-electron chi connectivity index (χ1n) is 5.71. The second-order valence-corrected chi connectivity index (χ2v) is 10.7. The highest BCUT2D eigenvalue weighted by molar-refractivity contribution is 8.67. The van der Waals surface area contributed by atoms with Gasteiger partial charge in [0.2, 0.25) is 5.69 Å². The van der Waals surface area contributed by atoms with Crippen molar-refractivity contribution in [3.63, 3.8) is 0 Å². The number of carbonyl (C=O) groups excluding carboxylic acids is 1. The summed E-state index contributed by atoms with van der Waals surface area (Å²) < 4.78 is 4.91. The number of allylic oxidation sites excluding steroid dienone is 1. The largest absolute Gasteiger partial charge is 0.365 e. The van der Waals surface area contributed by atoms with Gasteiger partial charge in [-0.3, -0.25) is 0 Å². The van der Waals surface area contributed by atoms with Crippen LogP contribution in [0.25, 0.3) is 0 Å². The lowest BCUT2D eigenvalue weighted by Gasteiger charge is -2.33. The van der Waals surface area contributed by atoms with Gasteiger partial charge in [0, 0.05) is 6.08 Å². The van der Waals surface area contributed by atoms with E-state index >= 15 is 0 Å². The highest BCUT2D eigenvalue weighted by Gasteiger charge is 2.43. The number of amides is 1. The van der Waals surface area contributed by atoms with Crippen molar-refractivity contribution in [1.29, 1.82) is 0 Å². The van der Waals surface area contributed by atoms with Crippen molar-refractivity contribution in [3.8, 4) is 0 Å². The maximum absolute atomic E-state index is 12.1. The zero-order valence-electron chi connectivity index (χ0n) is 10.9. The quantitative estimate of drug-likeness (QED) is 0.593. The SMILES string of the molecule is CCOP(O)(=S)SC[N+]1(C(C)C)N=C(Cl)C=CC1=O. The average Bonchev–Trinajstić information content (AvgIpc) is 2.30. The van der Waals surface area contributed by atoms with Gasteiger partial charge >= 0.3 is 5.91 Å². The first-order chi connectivity index (χ1) is 8.73. The van der Waals surface area contributed by atoms with Crippen LogP contribution in [0.3, 0.4) is 0 Å². The summed E-state index contributed by atoms with van der Waals surface area (Å²) in [7, 11) is 0. The predicted molar refractivity (Wildman–Crippen MR) is 83.4 cm³/mol. The van der Waals surface area contributed by atoms with Gasteiger partial charge in [0.15, 0.2) is 11.0 Å². The Hall–Kier alpha value is 0.250. The smallest absolute Gasteiger partial charge is 0.337 e. The van der Waals surface area contributed by atoms with Crippen LogP contribution < -0.4 is 0 Å². The van der Waals surface area contributed by atoms with Crippen molar-refractivity contribution >= 4 is 51.6 Å². The summed E-state index contributed by atoms with van der Waals surface area (Å²) >= 11 is 12.0. The molecule has 1 N–H and O–H groups in total. The predicted octanol–water partition coefficient (Wildman–Crippen LogP) is 2.80. The summed E-state index contributed by atoms with van der Waals surface area (Å²) in [6, 6.07) is -0.115. The van der Waals surface area contributed by atoms with E-state index in [1.165, 1.54) is 12.2 Å². The number of hydrogen-bond acceptors (Lipinski definition) is 5. The van der Waals surface area contributed by atoms with E-state index in [4.69, 9.17) is 27.9 Å². The Kier molecular flexibility index (Phi) is 6.20. The van der Waals surface area contributed by atoms with Gasteiger partial charge in [0.05, 0.1) is 6.61 Å². The number of halogens is 1. The number of nitrogens with zero attached hydrogens (tertiary/aromatic N) is 2. The fraction of sp³-hybridized carbons (Fsp3) is 0.600. The third kappa shape index (κ3) is 4.36. The maximum atomic E-state index is 12.1. The molecule has 1 aliphatic heterocycles. The van der Waals surface area contributed by atoms with Crippen LogP contribution in [-0.2, 0) is 21.1 Å². The van der Waals surface area contributed by atoms with Crippen LogP contribution in [0.2, 0.25) is 0 Å². The van der Waals surface area contributed by atoms with Crippen LogP contribution in [0.5, 0.6) is 0 Å². The van der Waals surface area contributed by atoms with Crippen LogP contribution in [0, 0.1) is 0 Å². The van der Waals surface area contributed by atoms with Crippen molar-refractivity contribution in [2.24, 2.45) is 5.10 Å². The number of rotatable bonds is 6. The molecule has 1 amide bonds. The van der Waals surface area contributed by atoms with E-state index in [1.54, 1.807) is 6.92 Å². The summed E-state index contributed by atoms with van der Waals surface area (Å²) in [5.41, 5.74) is -2.94. The molecule has 1 heterocycles. The lowest BCUT2D eigenvalue weighted by atomic mass is 10.3. The van der Waals surface area contributed by atoms with Gasteiger partial charge in [-0.15, -0.1) is 4.59 Å². The van der Waals surface area contributed by atoms with Crippen molar-refractivity contribution < 1.29 is 18.8 Å². The first kappa shape index (κ1) is 17.3. The van der Waals surface area contributed by atoms with Crippen LogP contribution >= 0.6 is 28.7 Å². The monoisotopic (exact) mass is 343 g/mol. The molecule has 19 heavy (non-hydrogen) atoms. The van der Waals surface area contributed by atoms with Gasteiger partial charge < -0.3 is 9.42 Å². The fourth-order valence-electron chi connectivity index (χ4n) is 1.50. The van der Waals surface area contributed by atoms with Crippen LogP contribution in [0.4, 0.5) is 0 Å². The minimum atomic E-state index is -2.94. The van der Waals surface area contributed by atoms with Gasteiger partial charge in [-0.25, -0.2) is 4.79 Å². The van der Waals surface area contributed by atoms with Crippen molar-refractivity contribution in [1.82, 2.24) is 0 Å². The average molecular weight is 344 g/mol.